The van der Waals surface area contributed by atoms with Gasteiger partial charge in [0.1, 0.15) is 18.9 Å². The number of hydrogen-bond acceptors (Lipinski definition) is 3. The van der Waals surface area contributed by atoms with Crippen LogP contribution in [-0.2, 0) is 0 Å². The van der Waals surface area contributed by atoms with Gasteiger partial charge >= 0.3 is 0 Å². The number of ether oxygens (including phenoxy) is 2. The van der Waals surface area contributed by atoms with Gasteiger partial charge in [0.05, 0.1) is 5.69 Å². The van der Waals surface area contributed by atoms with Crippen molar-refractivity contribution in [1.29, 1.82) is 0 Å². The quantitative estimate of drug-likeness (QED) is 0.674. The Morgan fingerprint density at radius 2 is 1.81 bits per heavy atom. The molecule has 5 heteroatoms. The van der Waals surface area contributed by atoms with Crippen molar-refractivity contribution in [2.75, 3.05) is 13.2 Å². The molecule has 1 aromatic carbocycles. The monoisotopic (exact) mass is 346 g/mol. The third-order valence-electron chi connectivity index (χ3n) is 3.44. The molecule has 0 amide bonds. The van der Waals surface area contributed by atoms with Crippen LogP contribution in [0.5, 0.6) is 11.5 Å². The van der Waals surface area contributed by atoms with Crippen LogP contribution in [0.15, 0.2) is 42.7 Å². The molecule has 0 bridgehead atoms. The lowest BCUT2D eigenvalue weighted by Crippen LogP contribution is -2.15. The van der Waals surface area contributed by atoms with Gasteiger partial charge in [0.15, 0.2) is 11.5 Å². The Labute approximate surface area is 133 Å². The molecule has 21 heavy (non-hydrogen) atoms. The summed E-state index contributed by atoms with van der Waals surface area (Å²) in [6, 6.07) is 10.0. The Morgan fingerprint density at radius 1 is 1.00 bits per heavy atom. The van der Waals surface area contributed by atoms with Crippen LogP contribution in [-0.4, -0.2) is 22.6 Å². The van der Waals surface area contributed by atoms with Gasteiger partial charge in [0, 0.05) is 18.0 Å². The molecule has 3 aromatic rings. The van der Waals surface area contributed by atoms with Gasteiger partial charge in [-0.2, -0.15) is 0 Å². The topological polar surface area (TPSA) is 35.8 Å². The van der Waals surface area contributed by atoms with E-state index in [4.69, 9.17) is 9.47 Å². The van der Waals surface area contributed by atoms with Gasteiger partial charge in [-0.25, -0.2) is 4.98 Å². The molecule has 4 nitrogen and oxygen atoms in total. The minimum Gasteiger partial charge on any atom is -0.486 e. The molecule has 2 aromatic heterocycles. The number of aryl methyl sites for hydroxylation is 1. The maximum atomic E-state index is 5.62. The molecule has 1 aliphatic rings. The van der Waals surface area contributed by atoms with Crippen molar-refractivity contribution in [3.05, 3.63) is 48.3 Å². The molecule has 1 aliphatic heterocycles. The first-order valence-corrected chi connectivity index (χ1v) is 6.65. The van der Waals surface area contributed by atoms with Gasteiger partial charge in [-0.05, 0) is 36.8 Å². The van der Waals surface area contributed by atoms with Crippen LogP contribution in [0.25, 0.3) is 16.9 Å². The van der Waals surface area contributed by atoms with Crippen molar-refractivity contribution in [3.63, 3.8) is 0 Å². The van der Waals surface area contributed by atoms with Gasteiger partial charge in [0.25, 0.3) is 0 Å². The number of rotatable bonds is 1. The Hall–Kier alpha value is -2.01. The maximum Gasteiger partial charge on any atom is 0.162 e. The smallest absolute Gasteiger partial charge is 0.162 e. The van der Waals surface area contributed by atoms with Crippen molar-refractivity contribution in [3.8, 4) is 22.8 Å². The summed E-state index contributed by atoms with van der Waals surface area (Å²) in [6.45, 7) is 3.28. The minimum atomic E-state index is 0. The van der Waals surface area contributed by atoms with Crippen LogP contribution >= 0.6 is 17.0 Å². The lowest BCUT2D eigenvalue weighted by molar-refractivity contribution is 0.171. The van der Waals surface area contributed by atoms with E-state index in [-0.39, 0.29) is 17.0 Å². The number of fused-ring (bicyclic) bond motifs is 2. The second kappa shape index (κ2) is 5.41. The van der Waals surface area contributed by atoms with Gasteiger partial charge < -0.3 is 13.9 Å². The zero-order valence-electron chi connectivity index (χ0n) is 11.6. The highest BCUT2D eigenvalue weighted by Crippen LogP contribution is 2.34. The molecular weight excluding hydrogens is 332 g/mol. The van der Waals surface area contributed by atoms with E-state index in [0.717, 1.165) is 28.4 Å². The zero-order chi connectivity index (χ0) is 13.5. The largest absolute Gasteiger partial charge is 0.486 e. The summed E-state index contributed by atoms with van der Waals surface area (Å²) < 4.78 is 13.2. The van der Waals surface area contributed by atoms with Crippen molar-refractivity contribution in [2.45, 2.75) is 6.92 Å². The predicted molar refractivity (Wildman–Crippen MR) is 86.7 cm³/mol. The summed E-state index contributed by atoms with van der Waals surface area (Å²) >= 11 is 0. The lowest BCUT2D eigenvalue weighted by Gasteiger charge is -2.18. The van der Waals surface area contributed by atoms with Crippen molar-refractivity contribution >= 4 is 22.6 Å². The third kappa shape index (κ3) is 2.49. The molecule has 4 rings (SSSR count). The Balaban J connectivity index is 0.00000132. The summed E-state index contributed by atoms with van der Waals surface area (Å²) in [5.74, 6) is 1.60. The van der Waals surface area contributed by atoms with Crippen molar-refractivity contribution in [1.82, 2.24) is 9.38 Å². The number of halogens is 1. The summed E-state index contributed by atoms with van der Waals surface area (Å²) in [4.78, 5) is 4.64. The number of pyridine rings is 1. The van der Waals surface area contributed by atoms with Gasteiger partial charge in [-0.15, -0.1) is 17.0 Å². The molecule has 0 fully saturated rings. The summed E-state index contributed by atoms with van der Waals surface area (Å²) in [5, 5.41) is 0. The highest BCUT2D eigenvalue weighted by molar-refractivity contribution is 8.93. The highest BCUT2D eigenvalue weighted by atomic mass is 79.9. The molecule has 0 saturated carbocycles. The van der Waals surface area contributed by atoms with Crippen LogP contribution in [0.3, 0.4) is 0 Å². The molecule has 0 radical (unpaired) electrons. The molecule has 0 spiro atoms. The summed E-state index contributed by atoms with van der Waals surface area (Å²) in [5.41, 5.74) is 4.13. The van der Waals surface area contributed by atoms with Crippen molar-refractivity contribution < 1.29 is 9.47 Å². The minimum absolute atomic E-state index is 0. The zero-order valence-corrected chi connectivity index (χ0v) is 13.3. The average Bonchev–Trinajstić information content (AvgIpc) is 2.89. The van der Waals surface area contributed by atoms with Crippen LogP contribution < -0.4 is 9.47 Å². The van der Waals surface area contributed by atoms with E-state index in [1.54, 1.807) is 0 Å². The molecule has 0 saturated heterocycles. The molecule has 0 unspecified atom stereocenters. The van der Waals surface area contributed by atoms with Gasteiger partial charge in [-0.1, -0.05) is 6.07 Å². The first-order chi connectivity index (χ1) is 9.79. The number of benzene rings is 1. The number of hydrogen-bond donors (Lipinski definition) is 0. The van der Waals surface area contributed by atoms with Gasteiger partial charge in [0.2, 0.25) is 0 Å². The lowest BCUT2D eigenvalue weighted by atomic mass is 10.1. The second-order valence-electron chi connectivity index (χ2n) is 4.96. The van der Waals surface area contributed by atoms with E-state index >= 15 is 0 Å². The molecule has 0 N–H and O–H groups in total. The molecule has 3 heterocycles. The third-order valence-corrected chi connectivity index (χ3v) is 3.44. The number of imidazole rings is 1. The first kappa shape index (κ1) is 13.9. The van der Waals surface area contributed by atoms with E-state index in [9.17, 15) is 0 Å². The van der Waals surface area contributed by atoms with E-state index < -0.39 is 0 Å². The van der Waals surface area contributed by atoms with Crippen LogP contribution in [0.1, 0.15) is 5.56 Å². The average molecular weight is 347 g/mol. The van der Waals surface area contributed by atoms with E-state index in [1.807, 2.05) is 34.9 Å². The maximum absolute atomic E-state index is 5.62. The Kier molecular flexibility index (Phi) is 3.59. The first-order valence-electron chi connectivity index (χ1n) is 6.65. The van der Waals surface area contributed by atoms with Crippen LogP contribution in [0.4, 0.5) is 0 Å². The summed E-state index contributed by atoms with van der Waals surface area (Å²) in [6.07, 6.45) is 4.11. The predicted octanol–water partition coefficient (Wildman–Crippen LogP) is 3.66. The fourth-order valence-corrected chi connectivity index (χ4v) is 2.44. The second-order valence-corrected chi connectivity index (χ2v) is 4.96. The fourth-order valence-electron chi connectivity index (χ4n) is 2.44. The molecule has 108 valence electrons. The van der Waals surface area contributed by atoms with E-state index in [0.29, 0.717) is 13.2 Å². The van der Waals surface area contributed by atoms with Gasteiger partial charge in [-0.3, -0.25) is 0 Å². The van der Waals surface area contributed by atoms with Crippen LogP contribution in [0.2, 0.25) is 0 Å². The van der Waals surface area contributed by atoms with E-state index in [2.05, 4.69) is 24.2 Å². The van der Waals surface area contributed by atoms with Crippen LogP contribution in [0, 0.1) is 6.92 Å². The number of nitrogens with zero attached hydrogens (tertiary/aromatic N) is 2. The molecule has 0 aliphatic carbocycles. The SMILES string of the molecule is Br.Cc1ccc2nc(-c3ccc4c(c3)OCCO4)cn2c1. The summed E-state index contributed by atoms with van der Waals surface area (Å²) in [7, 11) is 0. The fraction of sp³-hybridized carbons (Fsp3) is 0.188. The number of aromatic nitrogens is 2. The molecular formula is C16H15BrN2O2. The van der Waals surface area contributed by atoms with E-state index in [1.165, 1.54) is 5.56 Å². The normalized spacial score (nSPS) is 13.0. The van der Waals surface area contributed by atoms with Crippen molar-refractivity contribution in [2.24, 2.45) is 0 Å². The highest BCUT2D eigenvalue weighted by Gasteiger charge is 2.13. The Bertz CT molecular complexity index is 798. The Morgan fingerprint density at radius 3 is 2.67 bits per heavy atom. The standard InChI is InChI=1S/C16H14N2O2.BrH/c1-11-2-5-16-17-13(10-18(16)9-11)12-3-4-14-15(8-12)20-7-6-19-14;/h2-5,8-10H,6-7H2,1H3;1H. The molecule has 0 atom stereocenters.